The SMILES string of the molecule is CC/C=C\C/C=C\C/C=C\C/C=C\CCCCCCCCC(=O)OCC(COP(=O)(O)OCC(O)COP(=O)(O)OCC(COC(=O)CCCC/C=C\C/C=C\C/C=C\C/C=C\CC)OC(=O)CCCCCCC/C=C\C/C=C\CCC)OC(=O)CCCCCCCCCCCCCCC. The van der Waals surface area contributed by atoms with Gasteiger partial charge in [0.25, 0.3) is 0 Å². The number of aliphatic hydroxyl groups excluding tert-OH is 1. The fourth-order valence-corrected chi connectivity index (χ4v) is 11.6. The number of aliphatic hydroxyl groups is 1. The normalized spacial score (nSPS) is 14.6. The van der Waals surface area contributed by atoms with Crippen LogP contribution in [-0.4, -0.2) is 96.7 Å². The van der Waals surface area contributed by atoms with E-state index in [2.05, 4.69) is 149 Å². The van der Waals surface area contributed by atoms with Gasteiger partial charge in [0.2, 0.25) is 0 Å². The summed E-state index contributed by atoms with van der Waals surface area (Å²) in [4.78, 5) is 72.9. The molecule has 0 aromatic rings. The van der Waals surface area contributed by atoms with Crippen molar-refractivity contribution < 1.29 is 80.2 Å². The Morgan fingerprint density at radius 3 is 0.860 bits per heavy atom. The molecule has 3 N–H and O–H groups in total. The molecule has 0 spiro atoms. The molecular formula is C81H138O17P2. The maximum absolute atomic E-state index is 13.1. The molecule has 574 valence electrons. The molecule has 17 nitrogen and oxygen atoms in total. The smallest absolute Gasteiger partial charge is 0.462 e. The third-order valence-electron chi connectivity index (χ3n) is 15.9. The second-order valence-electron chi connectivity index (χ2n) is 25.5. The summed E-state index contributed by atoms with van der Waals surface area (Å²) in [5.74, 6) is -2.25. The number of unbranched alkanes of at least 4 members (excludes halogenated alkanes) is 26. The zero-order valence-electron chi connectivity index (χ0n) is 62.6. The second-order valence-corrected chi connectivity index (χ2v) is 28.4. The van der Waals surface area contributed by atoms with Crippen LogP contribution < -0.4 is 0 Å². The van der Waals surface area contributed by atoms with Gasteiger partial charge in [-0.05, 0) is 128 Å². The van der Waals surface area contributed by atoms with E-state index in [1.54, 1.807) is 0 Å². The number of esters is 4. The van der Waals surface area contributed by atoms with Crippen LogP contribution in [0.5, 0.6) is 0 Å². The van der Waals surface area contributed by atoms with Crippen LogP contribution in [0.2, 0.25) is 0 Å². The van der Waals surface area contributed by atoms with Gasteiger partial charge in [-0.25, -0.2) is 9.13 Å². The molecule has 0 aromatic heterocycles. The highest BCUT2D eigenvalue weighted by Gasteiger charge is 2.30. The summed E-state index contributed by atoms with van der Waals surface area (Å²) in [7, 11) is -9.97. The maximum Gasteiger partial charge on any atom is 0.472 e. The molecule has 0 radical (unpaired) electrons. The van der Waals surface area contributed by atoms with Crippen molar-refractivity contribution in [3.63, 3.8) is 0 Å². The zero-order valence-corrected chi connectivity index (χ0v) is 64.4. The summed E-state index contributed by atoms with van der Waals surface area (Å²) in [5.41, 5.74) is 0. The number of hydrogen-bond donors (Lipinski definition) is 3. The van der Waals surface area contributed by atoms with E-state index >= 15 is 0 Å². The Kier molecular flexibility index (Phi) is 69.5. The minimum absolute atomic E-state index is 0.0678. The first-order valence-electron chi connectivity index (χ1n) is 38.8. The van der Waals surface area contributed by atoms with Crippen molar-refractivity contribution in [3.8, 4) is 0 Å². The number of phosphoric ester groups is 2. The van der Waals surface area contributed by atoms with Crippen LogP contribution >= 0.6 is 15.6 Å². The Balaban J connectivity index is 5.37. The lowest BCUT2D eigenvalue weighted by atomic mass is 10.0. The average molecular weight is 1450 g/mol. The van der Waals surface area contributed by atoms with E-state index in [4.69, 9.17) is 37.0 Å². The molecule has 5 unspecified atom stereocenters. The standard InChI is InChI=1S/C81H138O17P2/c1-5-9-13-17-21-25-29-33-35-36-37-38-40-44-46-50-54-58-62-66-79(84)92-72-77(98-81(86)68-64-60-56-52-48-42-32-28-24-20-16-12-8-4)74-96-100(89,90)94-70-75(82)69-93-99(87,88)95-73-76(97-80(85)67-63-59-55-51-47-41-31-27-23-19-15-11-7-3)71-91-78(83)65-61-57-53-49-45-43-39-34-30-26-22-18-14-10-6-2/h9-10,13-15,19,21-22,25-27,31,33-35,37-39,45,49,75-77,82H,5-8,11-12,16-18,20,23-24,28-30,32,36,40-44,46-48,50-74H2,1-4H3,(H,87,88)(H,89,90)/b13-9-,14-10-,19-15-,25-21-,26-22-,31-27-,35-33-,38-37-,39-34-,49-45-. The van der Waals surface area contributed by atoms with Crippen molar-refractivity contribution in [2.24, 2.45) is 0 Å². The van der Waals surface area contributed by atoms with E-state index in [9.17, 15) is 43.2 Å². The van der Waals surface area contributed by atoms with E-state index < -0.39 is 97.5 Å². The maximum atomic E-state index is 13.1. The fraction of sp³-hybridized carbons (Fsp3) is 0.704. The Morgan fingerprint density at radius 1 is 0.290 bits per heavy atom. The minimum atomic E-state index is -4.99. The number of carbonyl (C=O) groups is 4. The monoisotopic (exact) mass is 1440 g/mol. The first-order chi connectivity index (χ1) is 48.7. The third kappa shape index (κ3) is 71.8. The molecule has 100 heavy (non-hydrogen) atoms. The summed E-state index contributed by atoms with van der Waals surface area (Å²) in [6.45, 7) is 4.51. The lowest BCUT2D eigenvalue weighted by Gasteiger charge is -2.21. The highest BCUT2D eigenvalue weighted by molar-refractivity contribution is 7.47. The number of allylic oxidation sites excluding steroid dienone is 20. The van der Waals surface area contributed by atoms with E-state index in [0.717, 1.165) is 180 Å². The van der Waals surface area contributed by atoms with Crippen molar-refractivity contribution >= 4 is 39.5 Å². The van der Waals surface area contributed by atoms with Gasteiger partial charge in [-0.3, -0.25) is 37.3 Å². The van der Waals surface area contributed by atoms with Crippen LogP contribution in [0, 0.1) is 0 Å². The predicted molar refractivity (Wildman–Crippen MR) is 408 cm³/mol. The summed E-state index contributed by atoms with van der Waals surface area (Å²) in [5, 5.41) is 10.6. The first-order valence-corrected chi connectivity index (χ1v) is 41.8. The minimum Gasteiger partial charge on any atom is -0.462 e. The zero-order chi connectivity index (χ0) is 73.2. The molecule has 5 atom stereocenters. The molecular weight excluding hydrogens is 1310 g/mol. The van der Waals surface area contributed by atoms with Gasteiger partial charge in [-0.15, -0.1) is 0 Å². The van der Waals surface area contributed by atoms with Gasteiger partial charge >= 0.3 is 39.5 Å². The van der Waals surface area contributed by atoms with Crippen LogP contribution in [0.4, 0.5) is 0 Å². The molecule has 0 saturated heterocycles. The Labute approximate surface area is 606 Å². The Morgan fingerprint density at radius 2 is 0.540 bits per heavy atom. The van der Waals surface area contributed by atoms with Crippen LogP contribution in [0.1, 0.15) is 310 Å². The topological polar surface area (TPSA) is 237 Å². The molecule has 0 rings (SSSR count). The van der Waals surface area contributed by atoms with Crippen molar-refractivity contribution in [1.82, 2.24) is 0 Å². The highest BCUT2D eigenvalue weighted by Crippen LogP contribution is 2.45. The lowest BCUT2D eigenvalue weighted by Crippen LogP contribution is -2.30. The van der Waals surface area contributed by atoms with Crippen LogP contribution in [0.25, 0.3) is 0 Å². The number of hydrogen-bond acceptors (Lipinski definition) is 15. The van der Waals surface area contributed by atoms with Gasteiger partial charge in [-0.2, -0.15) is 0 Å². The van der Waals surface area contributed by atoms with E-state index in [1.165, 1.54) is 51.4 Å². The fourth-order valence-electron chi connectivity index (χ4n) is 10.1. The number of phosphoric acid groups is 2. The molecule has 0 aliphatic heterocycles. The largest absolute Gasteiger partial charge is 0.472 e. The summed E-state index contributed by atoms with van der Waals surface area (Å²) < 4.78 is 68.5. The predicted octanol–water partition coefficient (Wildman–Crippen LogP) is 22.3. The third-order valence-corrected chi connectivity index (χ3v) is 17.8. The van der Waals surface area contributed by atoms with Gasteiger partial charge in [0.1, 0.15) is 19.3 Å². The molecule has 0 aliphatic rings. The van der Waals surface area contributed by atoms with Gasteiger partial charge in [0, 0.05) is 25.7 Å². The quantitative estimate of drug-likeness (QED) is 0.0169. The van der Waals surface area contributed by atoms with Gasteiger partial charge in [0.05, 0.1) is 26.4 Å². The van der Waals surface area contributed by atoms with Crippen LogP contribution in [-0.2, 0) is 65.4 Å². The molecule has 0 saturated carbocycles. The van der Waals surface area contributed by atoms with Crippen LogP contribution in [0.3, 0.4) is 0 Å². The average Bonchev–Trinajstić information content (AvgIpc) is 0.935. The summed E-state index contributed by atoms with van der Waals surface area (Å²) >= 11 is 0. The van der Waals surface area contributed by atoms with Crippen molar-refractivity contribution in [2.45, 2.75) is 329 Å². The van der Waals surface area contributed by atoms with Gasteiger partial charge in [0.15, 0.2) is 12.2 Å². The van der Waals surface area contributed by atoms with Crippen LogP contribution in [0.15, 0.2) is 122 Å². The number of ether oxygens (including phenoxy) is 4. The van der Waals surface area contributed by atoms with Gasteiger partial charge < -0.3 is 33.8 Å². The molecule has 0 aromatic carbocycles. The first kappa shape index (κ1) is 95.5. The van der Waals surface area contributed by atoms with Gasteiger partial charge in [-0.1, -0.05) is 278 Å². The van der Waals surface area contributed by atoms with Crippen molar-refractivity contribution in [2.75, 3.05) is 39.6 Å². The van der Waals surface area contributed by atoms with Crippen molar-refractivity contribution in [3.05, 3.63) is 122 Å². The van der Waals surface area contributed by atoms with E-state index in [-0.39, 0.29) is 25.7 Å². The highest BCUT2D eigenvalue weighted by atomic mass is 31.2. The Bertz CT molecular complexity index is 2370. The second kappa shape index (κ2) is 72.8. The Hall–Kier alpha value is -4.54. The number of rotatable bonds is 72. The van der Waals surface area contributed by atoms with E-state index in [0.29, 0.717) is 25.7 Å². The molecule has 0 heterocycles. The summed E-state index contributed by atoms with van der Waals surface area (Å²) in [6.07, 6.45) is 79.0. The van der Waals surface area contributed by atoms with Crippen molar-refractivity contribution in [1.29, 1.82) is 0 Å². The molecule has 0 aliphatic carbocycles. The lowest BCUT2D eigenvalue weighted by molar-refractivity contribution is -0.161. The molecule has 0 bridgehead atoms. The summed E-state index contributed by atoms with van der Waals surface area (Å²) in [6, 6.07) is 0. The number of carbonyl (C=O) groups excluding carboxylic acids is 4. The van der Waals surface area contributed by atoms with E-state index in [1.807, 2.05) is 0 Å². The molecule has 19 heteroatoms. The molecule has 0 amide bonds. The molecule has 0 fully saturated rings.